The van der Waals surface area contributed by atoms with Crippen LogP contribution in [-0.2, 0) is 20.9 Å². The molecule has 30 heavy (non-hydrogen) atoms. The number of pyridine rings is 2. The van der Waals surface area contributed by atoms with Gasteiger partial charge in [-0.1, -0.05) is 6.07 Å². The second-order valence-corrected chi connectivity index (χ2v) is 7.40. The lowest BCUT2D eigenvalue weighted by Crippen LogP contribution is -2.54. The van der Waals surface area contributed by atoms with E-state index in [4.69, 9.17) is 9.90 Å². The van der Waals surface area contributed by atoms with Crippen LogP contribution in [0, 0.1) is 5.92 Å². The fourth-order valence-corrected chi connectivity index (χ4v) is 4.32. The number of nitrogens with one attached hydrogen (secondary N) is 1. The molecule has 1 fully saturated rings. The minimum absolute atomic E-state index is 0.00683. The van der Waals surface area contributed by atoms with Crippen molar-refractivity contribution in [3.63, 3.8) is 0 Å². The molecule has 0 aliphatic carbocycles. The molecule has 4 heterocycles. The Labute approximate surface area is 173 Å². The first-order valence-electron chi connectivity index (χ1n) is 9.67. The van der Waals surface area contributed by atoms with Crippen molar-refractivity contribution in [2.45, 2.75) is 31.8 Å². The van der Waals surface area contributed by atoms with Crippen LogP contribution in [0.5, 0.6) is 0 Å². The van der Waals surface area contributed by atoms with E-state index in [2.05, 4.69) is 10.3 Å². The lowest BCUT2D eigenvalue weighted by Gasteiger charge is -2.46. The largest absolute Gasteiger partial charge is 0.483 e. The molecule has 2 aliphatic heterocycles. The highest BCUT2D eigenvalue weighted by Gasteiger charge is 2.44. The van der Waals surface area contributed by atoms with Crippen molar-refractivity contribution >= 4 is 18.3 Å². The first-order valence-corrected chi connectivity index (χ1v) is 9.67. The molecule has 158 valence electrons. The molecule has 4 rings (SSSR count). The standard InChI is InChI=1S/C20H22N4O3.CH2O2/c1-13(25)23-11-15-9-16(12-23)19(24-17(15)3-2-4-18(24)26)20(27)22-10-14-5-7-21-8-6-14;2-1-3/h2-8,15-16,19H,9-12H2,1H3,(H,22,27);1H,(H,2,3)/t15-,16+,19-;/m1./s1. The first kappa shape index (κ1) is 21.2. The SMILES string of the molecule is CC(=O)N1C[C@H]2C[C@@H](C1)[C@H](C(=O)NCc1ccncc1)n1c2cccc1=O.O=CO. The quantitative estimate of drug-likeness (QED) is 0.718. The molecule has 0 saturated carbocycles. The van der Waals surface area contributed by atoms with Crippen LogP contribution in [-0.4, -0.2) is 50.9 Å². The molecule has 2 aliphatic rings. The van der Waals surface area contributed by atoms with Gasteiger partial charge in [0.1, 0.15) is 6.04 Å². The average molecular weight is 412 g/mol. The number of amides is 2. The average Bonchev–Trinajstić information content (AvgIpc) is 2.74. The van der Waals surface area contributed by atoms with E-state index in [0.717, 1.165) is 17.7 Å². The summed E-state index contributed by atoms with van der Waals surface area (Å²) < 4.78 is 1.64. The highest BCUT2D eigenvalue weighted by molar-refractivity contribution is 5.81. The molecule has 9 heteroatoms. The fourth-order valence-electron chi connectivity index (χ4n) is 4.32. The van der Waals surface area contributed by atoms with Gasteiger partial charge < -0.3 is 15.3 Å². The molecule has 2 aromatic heterocycles. The second-order valence-electron chi connectivity index (χ2n) is 7.40. The molecule has 0 radical (unpaired) electrons. The summed E-state index contributed by atoms with van der Waals surface area (Å²) in [6.07, 6.45) is 4.16. The second kappa shape index (κ2) is 9.34. The van der Waals surface area contributed by atoms with E-state index in [1.807, 2.05) is 18.2 Å². The van der Waals surface area contributed by atoms with E-state index in [9.17, 15) is 14.4 Å². The van der Waals surface area contributed by atoms with Gasteiger partial charge in [0.15, 0.2) is 0 Å². The molecule has 3 atom stereocenters. The number of hydrogen-bond donors (Lipinski definition) is 2. The molecular weight excluding hydrogens is 388 g/mol. The van der Waals surface area contributed by atoms with Gasteiger partial charge in [0, 0.05) is 62.5 Å². The van der Waals surface area contributed by atoms with Crippen molar-refractivity contribution in [3.05, 3.63) is 64.3 Å². The Morgan fingerprint density at radius 2 is 1.93 bits per heavy atom. The Kier molecular flexibility index (Phi) is 6.61. The molecule has 0 spiro atoms. The molecule has 9 nitrogen and oxygen atoms in total. The predicted molar refractivity (Wildman–Crippen MR) is 108 cm³/mol. The summed E-state index contributed by atoms with van der Waals surface area (Å²) in [5.41, 5.74) is 1.62. The summed E-state index contributed by atoms with van der Waals surface area (Å²) in [6, 6.07) is 8.21. The van der Waals surface area contributed by atoms with Crippen LogP contribution < -0.4 is 10.9 Å². The Morgan fingerprint density at radius 1 is 1.23 bits per heavy atom. The lowest BCUT2D eigenvalue weighted by molar-refractivity contribution is -0.135. The van der Waals surface area contributed by atoms with Crippen LogP contribution in [0.15, 0.2) is 47.5 Å². The van der Waals surface area contributed by atoms with Crippen molar-refractivity contribution in [1.29, 1.82) is 0 Å². The highest BCUT2D eigenvalue weighted by Crippen LogP contribution is 2.41. The van der Waals surface area contributed by atoms with Gasteiger partial charge in [-0.05, 0) is 30.2 Å². The highest BCUT2D eigenvalue weighted by atomic mass is 16.3. The number of nitrogens with zero attached hydrogens (tertiary/aromatic N) is 3. The van der Waals surface area contributed by atoms with Crippen LogP contribution in [0.25, 0.3) is 0 Å². The molecule has 2 amide bonds. The van der Waals surface area contributed by atoms with E-state index in [1.165, 1.54) is 6.07 Å². The third-order valence-electron chi connectivity index (χ3n) is 5.58. The number of carbonyl (C=O) groups excluding carboxylic acids is 2. The molecular formula is C21H24N4O5. The lowest BCUT2D eigenvalue weighted by atomic mass is 9.78. The van der Waals surface area contributed by atoms with Crippen molar-refractivity contribution in [3.8, 4) is 0 Å². The Morgan fingerprint density at radius 3 is 2.60 bits per heavy atom. The van der Waals surface area contributed by atoms with Crippen molar-refractivity contribution in [2.24, 2.45) is 5.92 Å². The number of carboxylic acid groups (broad SMARTS) is 1. The number of hydrogen-bond acceptors (Lipinski definition) is 5. The van der Waals surface area contributed by atoms with Crippen molar-refractivity contribution < 1.29 is 19.5 Å². The minimum atomic E-state index is -0.603. The molecule has 1 saturated heterocycles. The summed E-state index contributed by atoms with van der Waals surface area (Å²) in [7, 11) is 0. The van der Waals surface area contributed by atoms with Gasteiger partial charge in [-0.3, -0.25) is 28.7 Å². The smallest absolute Gasteiger partial charge is 0.290 e. The van der Waals surface area contributed by atoms with Gasteiger partial charge in [0.2, 0.25) is 11.8 Å². The number of piperidine rings is 1. The van der Waals surface area contributed by atoms with Crippen LogP contribution in [0.1, 0.15) is 36.6 Å². The minimum Gasteiger partial charge on any atom is -0.483 e. The third kappa shape index (κ3) is 4.40. The normalized spacial score (nSPS) is 21.5. The molecule has 2 aromatic rings. The Hall–Kier alpha value is -3.49. The van der Waals surface area contributed by atoms with Crippen LogP contribution in [0.3, 0.4) is 0 Å². The van der Waals surface area contributed by atoms with Crippen molar-refractivity contribution in [2.75, 3.05) is 13.1 Å². The van der Waals surface area contributed by atoms with Gasteiger partial charge >= 0.3 is 0 Å². The predicted octanol–water partition coefficient (Wildman–Crippen LogP) is 0.767. The maximum absolute atomic E-state index is 13.1. The summed E-state index contributed by atoms with van der Waals surface area (Å²) in [4.78, 5) is 51.7. The molecule has 0 aromatic carbocycles. The van der Waals surface area contributed by atoms with Crippen molar-refractivity contribution in [1.82, 2.24) is 19.8 Å². The number of carbonyl (C=O) groups is 3. The first-order chi connectivity index (χ1) is 14.5. The number of rotatable bonds is 3. The fraction of sp³-hybridized carbons (Fsp3) is 0.381. The van der Waals surface area contributed by atoms with Crippen LogP contribution in [0.2, 0.25) is 0 Å². The van der Waals surface area contributed by atoms with E-state index in [1.54, 1.807) is 34.9 Å². The zero-order valence-electron chi connectivity index (χ0n) is 16.6. The number of likely N-dealkylation sites (tertiary alicyclic amines) is 1. The maximum Gasteiger partial charge on any atom is 0.290 e. The summed E-state index contributed by atoms with van der Waals surface area (Å²) in [6.45, 7) is 2.78. The Bertz CT molecular complexity index is 975. The van der Waals surface area contributed by atoms with E-state index < -0.39 is 6.04 Å². The summed E-state index contributed by atoms with van der Waals surface area (Å²) in [5, 5.41) is 9.84. The molecule has 2 N–H and O–H groups in total. The summed E-state index contributed by atoms with van der Waals surface area (Å²) in [5.74, 6) is -0.161. The maximum atomic E-state index is 13.1. The third-order valence-corrected chi connectivity index (χ3v) is 5.58. The van der Waals surface area contributed by atoms with Gasteiger partial charge in [-0.2, -0.15) is 0 Å². The van der Waals surface area contributed by atoms with Crippen LogP contribution in [0.4, 0.5) is 0 Å². The van der Waals surface area contributed by atoms with E-state index >= 15 is 0 Å². The van der Waals surface area contributed by atoms with Gasteiger partial charge in [0.05, 0.1) is 0 Å². The number of fused-ring (bicyclic) bond motifs is 4. The molecule has 0 unspecified atom stereocenters. The van der Waals surface area contributed by atoms with Gasteiger partial charge in [0.25, 0.3) is 12.0 Å². The number of aromatic nitrogens is 2. The zero-order valence-corrected chi connectivity index (χ0v) is 16.6. The van der Waals surface area contributed by atoms with Gasteiger partial charge in [-0.25, -0.2) is 0 Å². The summed E-state index contributed by atoms with van der Waals surface area (Å²) >= 11 is 0. The van der Waals surface area contributed by atoms with Gasteiger partial charge in [-0.15, -0.1) is 0 Å². The van der Waals surface area contributed by atoms with E-state index in [-0.39, 0.29) is 35.7 Å². The zero-order chi connectivity index (χ0) is 21.7. The molecule has 2 bridgehead atoms. The van der Waals surface area contributed by atoms with E-state index in [0.29, 0.717) is 19.6 Å². The Balaban J connectivity index is 0.000000806. The monoisotopic (exact) mass is 412 g/mol. The van der Waals surface area contributed by atoms with Crippen LogP contribution >= 0.6 is 0 Å². The topological polar surface area (TPSA) is 122 Å².